The number of rotatable bonds is 8. The molecule has 0 fully saturated rings. The molecule has 27 heavy (non-hydrogen) atoms. The number of hydrogen-bond acceptors (Lipinski definition) is 5. The van der Waals surface area contributed by atoms with Crippen LogP contribution in [0.25, 0.3) is 11.0 Å². The summed E-state index contributed by atoms with van der Waals surface area (Å²) in [6.07, 6.45) is 1.59. The van der Waals surface area contributed by atoms with E-state index in [4.69, 9.17) is 22.4 Å². The zero-order valence-corrected chi connectivity index (χ0v) is 16.8. The van der Waals surface area contributed by atoms with Crippen LogP contribution in [0.15, 0.2) is 28.7 Å². The lowest BCUT2D eigenvalue weighted by Gasteiger charge is -2.16. The molecule has 1 aromatic carbocycles. The molecule has 0 saturated carbocycles. The molecular formula is C19H25N5O2S. The summed E-state index contributed by atoms with van der Waals surface area (Å²) in [5.41, 5.74) is 7.36. The number of nitrogens with two attached hydrogens (primary N) is 1. The standard InChI is InChI=1S/C19H25N5O2S/c1-4-15-14(13-7-5-6-8-16(13)26-15)11-22(2)12-24-19(27)23(3)18(21-24)10-9-17(20)25/h5-8H,4,9-12H2,1-3H3,(H2,20,25). The van der Waals surface area contributed by atoms with Gasteiger partial charge in [0.2, 0.25) is 5.91 Å². The lowest BCUT2D eigenvalue weighted by molar-refractivity contribution is -0.118. The first-order valence-electron chi connectivity index (χ1n) is 8.99. The number of aromatic nitrogens is 3. The second-order valence-electron chi connectivity index (χ2n) is 6.73. The lowest BCUT2D eigenvalue weighted by atomic mass is 10.1. The van der Waals surface area contributed by atoms with Crippen molar-refractivity contribution in [1.29, 1.82) is 0 Å². The highest BCUT2D eigenvalue weighted by molar-refractivity contribution is 7.71. The molecule has 3 rings (SSSR count). The Morgan fingerprint density at radius 1 is 1.37 bits per heavy atom. The Morgan fingerprint density at radius 3 is 2.81 bits per heavy atom. The normalized spacial score (nSPS) is 11.6. The summed E-state index contributed by atoms with van der Waals surface area (Å²) in [5, 5.41) is 5.70. The van der Waals surface area contributed by atoms with Crippen molar-refractivity contribution >= 4 is 29.1 Å². The van der Waals surface area contributed by atoms with Crippen LogP contribution in [0.4, 0.5) is 0 Å². The quantitative estimate of drug-likeness (QED) is 0.601. The summed E-state index contributed by atoms with van der Waals surface area (Å²) in [5.74, 6) is 1.43. The van der Waals surface area contributed by atoms with E-state index < -0.39 is 0 Å². The van der Waals surface area contributed by atoms with Crippen molar-refractivity contribution in [1.82, 2.24) is 19.2 Å². The van der Waals surface area contributed by atoms with Crippen LogP contribution < -0.4 is 5.73 Å². The average molecular weight is 388 g/mol. The van der Waals surface area contributed by atoms with Gasteiger partial charge in [-0.05, 0) is 25.3 Å². The third-order valence-electron chi connectivity index (χ3n) is 4.63. The number of aryl methyl sites for hydroxylation is 2. The molecule has 2 heterocycles. The molecule has 0 radical (unpaired) electrons. The Labute approximate surface area is 163 Å². The van der Waals surface area contributed by atoms with Gasteiger partial charge in [0, 0.05) is 43.8 Å². The predicted octanol–water partition coefficient (Wildman–Crippen LogP) is 2.77. The van der Waals surface area contributed by atoms with E-state index in [2.05, 4.69) is 23.0 Å². The highest BCUT2D eigenvalue weighted by Gasteiger charge is 2.16. The van der Waals surface area contributed by atoms with Crippen molar-refractivity contribution < 1.29 is 9.21 Å². The molecule has 8 heteroatoms. The maximum Gasteiger partial charge on any atom is 0.217 e. The van der Waals surface area contributed by atoms with Gasteiger partial charge in [-0.2, -0.15) is 5.10 Å². The smallest absolute Gasteiger partial charge is 0.217 e. The first kappa shape index (κ1) is 19.3. The van der Waals surface area contributed by atoms with Crippen LogP contribution in [0.2, 0.25) is 0 Å². The first-order chi connectivity index (χ1) is 12.9. The number of carbonyl (C=O) groups excluding carboxylic acids is 1. The van der Waals surface area contributed by atoms with Crippen LogP contribution in [-0.4, -0.2) is 32.2 Å². The number of nitrogens with zero attached hydrogens (tertiary/aromatic N) is 4. The number of para-hydroxylation sites is 1. The summed E-state index contributed by atoms with van der Waals surface area (Å²) in [6, 6.07) is 8.10. The van der Waals surface area contributed by atoms with Crippen molar-refractivity contribution in [3.05, 3.63) is 46.2 Å². The zero-order chi connectivity index (χ0) is 19.6. The molecule has 0 unspecified atom stereocenters. The second kappa shape index (κ2) is 8.06. The summed E-state index contributed by atoms with van der Waals surface area (Å²) >= 11 is 5.49. The van der Waals surface area contributed by atoms with Crippen molar-refractivity contribution in [2.45, 2.75) is 39.4 Å². The molecule has 2 aromatic heterocycles. The Hall–Kier alpha value is -2.45. The molecule has 0 aliphatic carbocycles. The van der Waals surface area contributed by atoms with Gasteiger partial charge >= 0.3 is 0 Å². The Balaban J connectivity index is 1.79. The van der Waals surface area contributed by atoms with Gasteiger partial charge in [-0.25, -0.2) is 4.68 Å². The minimum atomic E-state index is -0.341. The van der Waals surface area contributed by atoms with Gasteiger partial charge in [0.25, 0.3) is 0 Å². The molecule has 0 aliphatic rings. The molecular weight excluding hydrogens is 362 g/mol. The van der Waals surface area contributed by atoms with E-state index in [1.165, 1.54) is 5.56 Å². The van der Waals surface area contributed by atoms with Gasteiger partial charge < -0.3 is 14.7 Å². The summed E-state index contributed by atoms with van der Waals surface area (Å²) in [4.78, 5) is 13.2. The fourth-order valence-electron chi connectivity index (χ4n) is 3.23. The van der Waals surface area contributed by atoms with Crippen LogP contribution in [0.5, 0.6) is 0 Å². The molecule has 0 atom stereocenters. The Morgan fingerprint density at radius 2 is 2.11 bits per heavy atom. The fourth-order valence-corrected chi connectivity index (χ4v) is 3.44. The molecule has 3 aromatic rings. The third kappa shape index (κ3) is 4.12. The summed E-state index contributed by atoms with van der Waals surface area (Å²) < 4.78 is 10.2. The molecule has 2 N–H and O–H groups in total. The minimum absolute atomic E-state index is 0.260. The van der Waals surface area contributed by atoms with Gasteiger partial charge in [-0.3, -0.25) is 9.69 Å². The van der Waals surface area contributed by atoms with Crippen LogP contribution in [0.1, 0.15) is 30.5 Å². The number of furan rings is 1. The maximum atomic E-state index is 11.0. The molecule has 0 saturated heterocycles. The maximum absolute atomic E-state index is 11.0. The monoisotopic (exact) mass is 387 g/mol. The molecule has 0 spiro atoms. The second-order valence-corrected chi connectivity index (χ2v) is 7.10. The molecule has 7 nitrogen and oxygen atoms in total. The SMILES string of the molecule is CCc1oc2ccccc2c1CN(C)Cn1nc(CCC(N)=O)n(C)c1=S. The molecule has 0 bridgehead atoms. The van der Waals surface area contributed by atoms with Gasteiger partial charge in [0.05, 0.1) is 6.67 Å². The van der Waals surface area contributed by atoms with Gasteiger partial charge in [-0.1, -0.05) is 25.1 Å². The van der Waals surface area contributed by atoms with E-state index in [0.717, 1.165) is 35.5 Å². The number of benzene rings is 1. The number of carbonyl (C=O) groups is 1. The van der Waals surface area contributed by atoms with E-state index >= 15 is 0 Å². The van der Waals surface area contributed by atoms with Crippen LogP contribution in [0, 0.1) is 4.77 Å². The zero-order valence-electron chi connectivity index (χ0n) is 15.9. The van der Waals surface area contributed by atoms with Crippen molar-refractivity contribution in [2.75, 3.05) is 7.05 Å². The Kier molecular flexibility index (Phi) is 5.76. The average Bonchev–Trinajstić information content (AvgIpc) is 3.12. The topological polar surface area (TPSA) is 82.2 Å². The third-order valence-corrected chi connectivity index (χ3v) is 5.12. The van der Waals surface area contributed by atoms with E-state index in [-0.39, 0.29) is 12.3 Å². The van der Waals surface area contributed by atoms with Crippen molar-refractivity contribution in [3.63, 3.8) is 0 Å². The molecule has 1 amide bonds. The fraction of sp³-hybridized carbons (Fsp3) is 0.421. The van der Waals surface area contributed by atoms with Crippen LogP contribution in [0.3, 0.4) is 0 Å². The predicted molar refractivity (Wildman–Crippen MR) is 107 cm³/mol. The lowest BCUT2D eigenvalue weighted by Crippen LogP contribution is -2.23. The molecule has 0 aliphatic heterocycles. The van der Waals surface area contributed by atoms with Gasteiger partial charge in [0.15, 0.2) is 4.77 Å². The van der Waals surface area contributed by atoms with E-state index in [0.29, 0.717) is 17.9 Å². The van der Waals surface area contributed by atoms with E-state index in [1.807, 2.05) is 36.9 Å². The Bertz CT molecular complexity index is 1020. The highest BCUT2D eigenvalue weighted by Crippen LogP contribution is 2.27. The largest absolute Gasteiger partial charge is 0.461 e. The van der Waals surface area contributed by atoms with Gasteiger partial charge in [0.1, 0.15) is 17.2 Å². The number of amides is 1. The number of primary amides is 1. The number of fused-ring (bicyclic) bond motifs is 1. The highest BCUT2D eigenvalue weighted by atomic mass is 32.1. The van der Waals surface area contributed by atoms with E-state index in [1.54, 1.807) is 4.68 Å². The summed E-state index contributed by atoms with van der Waals surface area (Å²) in [7, 11) is 3.89. The minimum Gasteiger partial charge on any atom is -0.461 e. The van der Waals surface area contributed by atoms with E-state index in [9.17, 15) is 4.79 Å². The number of hydrogen-bond donors (Lipinski definition) is 1. The summed E-state index contributed by atoms with van der Waals surface area (Å²) in [6.45, 7) is 3.38. The first-order valence-corrected chi connectivity index (χ1v) is 9.40. The van der Waals surface area contributed by atoms with Crippen LogP contribution in [-0.2, 0) is 37.9 Å². The van der Waals surface area contributed by atoms with Gasteiger partial charge in [-0.15, -0.1) is 0 Å². The van der Waals surface area contributed by atoms with Crippen LogP contribution >= 0.6 is 12.2 Å². The van der Waals surface area contributed by atoms with Crippen molar-refractivity contribution in [3.8, 4) is 0 Å². The molecule has 144 valence electrons. The van der Waals surface area contributed by atoms with Crippen molar-refractivity contribution in [2.24, 2.45) is 12.8 Å².